The molecular formula is C22H22FN5O4S. The maximum absolute atomic E-state index is 13.4. The van der Waals surface area contributed by atoms with Gasteiger partial charge in [0.15, 0.2) is 0 Å². The van der Waals surface area contributed by atoms with Crippen LogP contribution in [0.5, 0.6) is 11.5 Å². The summed E-state index contributed by atoms with van der Waals surface area (Å²) in [5.41, 5.74) is 0.863. The fourth-order valence-corrected chi connectivity index (χ4v) is 4.44. The third-order valence-electron chi connectivity index (χ3n) is 5.12. The first-order chi connectivity index (χ1) is 16.0. The number of nitrogens with zero attached hydrogens (tertiary/aromatic N) is 3. The summed E-state index contributed by atoms with van der Waals surface area (Å²) in [5.74, 6) is 0.176. The van der Waals surface area contributed by atoms with E-state index in [0.29, 0.717) is 40.8 Å². The number of ether oxygens (including phenoxy) is 2. The molecule has 33 heavy (non-hydrogen) atoms. The molecule has 9 nitrogen and oxygen atoms in total. The number of carbonyl (C=O) groups excluding carboxylic acids is 2. The van der Waals surface area contributed by atoms with Crippen LogP contribution >= 0.6 is 11.3 Å². The summed E-state index contributed by atoms with van der Waals surface area (Å²) in [5, 5.41) is 14.3. The maximum atomic E-state index is 13.4. The van der Waals surface area contributed by atoms with Crippen molar-refractivity contribution in [3.05, 3.63) is 58.3 Å². The third-order valence-corrected chi connectivity index (χ3v) is 6.14. The molecule has 1 aliphatic rings. The van der Waals surface area contributed by atoms with Crippen molar-refractivity contribution in [1.82, 2.24) is 15.1 Å². The van der Waals surface area contributed by atoms with Gasteiger partial charge in [-0.15, -0.1) is 10.2 Å². The van der Waals surface area contributed by atoms with Gasteiger partial charge in [0.1, 0.15) is 22.3 Å². The molecule has 0 unspecified atom stereocenters. The van der Waals surface area contributed by atoms with Gasteiger partial charge in [-0.25, -0.2) is 9.18 Å². The first-order valence-electron chi connectivity index (χ1n) is 10.2. The lowest BCUT2D eigenvalue weighted by Crippen LogP contribution is -2.34. The van der Waals surface area contributed by atoms with Crippen LogP contribution in [0.15, 0.2) is 42.5 Å². The highest BCUT2D eigenvalue weighted by Gasteiger charge is 2.33. The Morgan fingerprint density at radius 2 is 1.82 bits per heavy atom. The summed E-state index contributed by atoms with van der Waals surface area (Å²) in [7, 11) is 3.07. The second kappa shape index (κ2) is 9.82. The first-order valence-corrected chi connectivity index (χ1v) is 11.0. The van der Waals surface area contributed by atoms with Crippen LogP contribution in [0.25, 0.3) is 0 Å². The Hall–Kier alpha value is -3.73. The van der Waals surface area contributed by atoms with Crippen LogP contribution in [0.2, 0.25) is 0 Å². The van der Waals surface area contributed by atoms with Crippen LogP contribution < -0.4 is 20.1 Å². The minimum Gasteiger partial charge on any atom is -0.497 e. The number of amides is 3. The lowest BCUT2D eigenvalue weighted by Gasteiger charge is -2.23. The number of aromatic nitrogens is 2. The zero-order valence-electron chi connectivity index (χ0n) is 18.0. The van der Waals surface area contributed by atoms with Crippen molar-refractivity contribution in [2.75, 3.05) is 31.4 Å². The number of nitrogens with one attached hydrogen (secondary N) is 2. The summed E-state index contributed by atoms with van der Waals surface area (Å²) in [6, 6.07) is 10.1. The van der Waals surface area contributed by atoms with Crippen molar-refractivity contribution in [2.45, 2.75) is 18.9 Å². The largest absolute Gasteiger partial charge is 0.497 e. The second-order valence-corrected chi connectivity index (χ2v) is 8.30. The van der Waals surface area contributed by atoms with E-state index in [-0.39, 0.29) is 17.1 Å². The van der Waals surface area contributed by atoms with E-state index >= 15 is 0 Å². The topological polar surface area (TPSA) is 106 Å². The number of hydrogen-bond donors (Lipinski definition) is 2. The number of rotatable bonds is 6. The Labute approximate surface area is 193 Å². The number of urea groups is 1. The highest BCUT2D eigenvalue weighted by molar-refractivity contribution is 7.13. The molecule has 0 bridgehead atoms. The summed E-state index contributed by atoms with van der Waals surface area (Å²) < 4.78 is 23.9. The van der Waals surface area contributed by atoms with Crippen LogP contribution in [0, 0.1) is 5.82 Å². The number of benzene rings is 2. The quantitative estimate of drug-likeness (QED) is 0.555. The minimum absolute atomic E-state index is 0.138. The van der Waals surface area contributed by atoms with E-state index in [1.807, 2.05) is 0 Å². The Morgan fingerprint density at radius 1 is 1.06 bits per heavy atom. The van der Waals surface area contributed by atoms with Gasteiger partial charge in [-0.3, -0.25) is 4.79 Å². The Morgan fingerprint density at radius 3 is 2.52 bits per heavy atom. The second-order valence-electron chi connectivity index (χ2n) is 7.29. The predicted octanol–water partition coefficient (Wildman–Crippen LogP) is 4.32. The molecule has 1 saturated heterocycles. The Balaban J connectivity index is 1.46. The molecule has 1 aliphatic heterocycles. The van der Waals surface area contributed by atoms with Crippen molar-refractivity contribution in [2.24, 2.45) is 0 Å². The summed E-state index contributed by atoms with van der Waals surface area (Å²) in [6.07, 6.45) is 1.50. The summed E-state index contributed by atoms with van der Waals surface area (Å²) in [4.78, 5) is 27.1. The molecule has 0 saturated carbocycles. The molecule has 2 N–H and O–H groups in total. The highest BCUT2D eigenvalue weighted by Crippen LogP contribution is 2.35. The van der Waals surface area contributed by atoms with Gasteiger partial charge in [-0.1, -0.05) is 17.4 Å². The standard InChI is InChI=1S/C22H22FN5O4S/c1-31-16-10-15(11-17(12-16)32-2)25-22(30)28-8-4-7-18(28)20-26-27-21(33-20)19(29)24-14-6-3-5-13(23)9-14/h3,5-6,9-12,18H,4,7-8H2,1-2H3,(H,24,29)(H,25,30)/t18-/m1/s1. The number of carbonyl (C=O) groups is 2. The van der Waals surface area contributed by atoms with Crippen molar-refractivity contribution in [3.8, 4) is 11.5 Å². The molecule has 3 aromatic rings. The molecule has 1 fully saturated rings. The lowest BCUT2D eigenvalue weighted by molar-refractivity contribution is 0.102. The van der Waals surface area contributed by atoms with E-state index in [0.717, 1.165) is 17.8 Å². The number of methoxy groups -OCH3 is 2. The van der Waals surface area contributed by atoms with Gasteiger partial charge in [0, 0.05) is 36.1 Å². The molecule has 2 heterocycles. The Kier molecular flexibility index (Phi) is 6.68. The van der Waals surface area contributed by atoms with Crippen LogP contribution in [-0.2, 0) is 0 Å². The summed E-state index contributed by atoms with van der Waals surface area (Å²) >= 11 is 1.11. The number of hydrogen-bond acceptors (Lipinski definition) is 7. The highest BCUT2D eigenvalue weighted by atomic mass is 32.1. The van der Waals surface area contributed by atoms with Crippen LogP contribution in [0.3, 0.4) is 0 Å². The van der Waals surface area contributed by atoms with E-state index in [1.54, 1.807) is 29.2 Å². The average Bonchev–Trinajstić information content (AvgIpc) is 3.48. The van der Waals surface area contributed by atoms with Crippen LogP contribution in [0.1, 0.15) is 33.7 Å². The van der Waals surface area contributed by atoms with E-state index in [1.165, 1.54) is 32.4 Å². The smallest absolute Gasteiger partial charge is 0.322 e. The fraction of sp³-hybridized carbons (Fsp3) is 0.273. The molecule has 11 heteroatoms. The van der Waals surface area contributed by atoms with Crippen molar-refractivity contribution in [1.29, 1.82) is 0 Å². The molecular weight excluding hydrogens is 449 g/mol. The van der Waals surface area contributed by atoms with Crippen molar-refractivity contribution >= 4 is 34.6 Å². The molecule has 1 atom stereocenters. The summed E-state index contributed by atoms with van der Waals surface area (Å²) in [6.45, 7) is 0.544. The van der Waals surface area contributed by atoms with Gasteiger partial charge in [-0.2, -0.15) is 0 Å². The average molecular weight is 472 g/mol. The minimum atomic E-state index is -0.484. The number of anilines is 2. The van der Waals surface area contributed by atoms with Gasteiger partial charge in [-0.05, 0) is 31.0 Å². The monoisotopic (exact) mass is 471 g/mol. The SMILES string of the molecule is COc1cc(NC(=O)N2CCC[C@@H]2c2nnc(C(=O)Nc3cccc(F)c3)s2)cc(OC)c1. The molecule has 2 aromatic carbocycles. The molecule has 0 spiro atoms. The van der Waals surface area contributed by atoms with Crippen molar-refractivity contribution < 1.29 is 23.5 Å². The van der Waals surface area contributed by atoms with E-state index in [9.17, 15) is 14.0 Å². The predicted molar refractivity (Wildman–Crippen MR) is 122 cm³/mol. The molecule has 4 rings (SSSR count). The number of likely N-dealkylation sites (tertiary alicyclic amines) is 1. The molecule has 0 radical (unpaired) electrons. The van der Waals surface area contributed by atoms with Gasteiger partial charge < -0.3 is 25.0 Å². The van der Waals surface area contributed by atoms with Gasteiger partial charge >= 0.3 is 6.03 Å². The maximum Gasteiger partial charge on any atom is 0.322 e. The molecule has 1 aromatic heterocycles. The van der Waals surface area contributed by atoms with Gasteiger partial charge in [0.2, 0.25) is 5.01 Å². The van der Waals surface area contributed by atoms with E-state index < -0.39 is 11.7 Å². The number of halogens is 1. The van der Waals surface area contributed by atoms with Crippen LogP contribution in [0.4, 0.5) is 20.6 Å². The fourth-order valence-electron chi connectivity index (χ4n) is 3.55. The van der Waals surface area contributed by atoms with E-state index in [2.05, 4.69) is 20.8 Å². The van der Waals surface area contributed by atoms with Crippen molar-refractivity contribution in [3.63, 3.8) is 0 Å². The Bertz CT molecular complexity index is 1150. The lowest BCUT2D eigenvalue weighted by atomic mass is 10.2. The zero-order chi connectivity index (χ0) is 23.4. The third kappa shape index (κ3) is 5.20. The van der Waals surface area contributed by atoms with Crippen LogP contribution in [-0.4, -0.2) is 47.8 Å². The van der Waals surface area contributed by atoms with Gasteiger partial charge in [0.05, 0.1) is 20.3 Å². The van der Waals surface area contributed by atoms with E-state index in [4.69, 9.17) is 9.47 Å². The normalized spacial score (nSPS) is 15.2. The van der Waals surface area contributed by atoms with Gasteiger partial charge in [0.25, 0.3) is 5.91 Å². The molecule has 172 valence electrons. The molecule has 0 aliphatic carbocycles. The molecule has 3 amide bonds. The first kappa shape index (κ1) is 22.5. The zero-order valence-corrected chi connectivity index (χ0v) is 18.8.